The monoisotopic (exact) mass is 393 g/mol. The van der Waals surface area contributed by atoms with Gasteiger partial charge in [0.15, 0.2) is 0 Å². The van der Waals surface area contributed by atoms with Crippen molar-refractivity contribution in [3.05, 3.63) is 89.4 Å². The zero-order valence-electron chi connectivity index (χ0n) is 14.2. The van der Waals surface area contributed by atoms with Crippen molar-refractivity contribution in [3.8, 4) is 0 Å². The van der Waals surface area contributed by atoms with E-state index in [1.807, 2.05) is 55.6 Å². The molecule has 0 aliphatic carbocycles. The van der Waals surface area contributed by atoms with Crippen molar-refractivity contribution < 1.29 is 4.79 Å². The van der Waals surface area contributed by atoms with Gasteiger partial charge in [0, 0.05) is 11.5 Å². The molecule has 25 heavy (non-hydrogen) atoms. The zero-order chi connectivity index (χ0) is 17.8. The molecule has 3 heteroatoms. The normalized spacial score (nSPS) is 11.9. The maximum atomic E-state index is 13.2. The second-order valence-corrected chi connectivity index (χ2v) is 6.89. The maximum Gasteiger partial charge on any atom is 0.234 e. The van der Waals surface area contributed by atoms with Crippen molar-refractivity contribution in [2.75, 3.05) is 11.9 Å². The predicted molar refractivity (Wildman–Crippen MR) is 109 cm³/mol. The van der Waals surface area contributed by atoms with E-state index in [0.717, 1.165) is 21.1 Å². The number of para-hydroxylation sites is 1. The van der Waals surface area contributed by atoms with Crippen LogP contribution >= 0.6 is 15.9 Å². The minimum atomic E-state index is -0.251. The second-order valence-electron chi connectivity index (χ2n) is 6.03. The molecule has 1 atom stereocenters. The summed E-state index contributed by atoms with van der Waals surface area (Å²) in [4.78, 5) is 14.9. The Hall–Kier alpha value is -2.39. The van der Waals surface area contributed by atoms with Gasteiger partial charge in [0.25, 0.3) is 0 Å². The topological polar surface area (TPSA) is 20.3 Å². The van der Waals surface area contributed by atoms with Crippen LogP contribution in [0.4, 0.5) is 5.69 Å². The van der Waals surface area contributed by atoms with E-state index in [2.05, 4.69) is 46.8 Å². The quantitative estimate of drug-likeness (QED) is 0.492. The molecule has 2 nitrogen and oxygen atoms in total. The van der Waals surface area contributed by atoms with Crippen molar-refractivity contribution in [2.24, 2.45) is 0 Å². The number of benzene rings is 3. The van der Waals surface area contributed by atoms with Crippen molar-refractivity contribution >= 4 is 38.3 Å². The number of carbonyl (C=O) groups is 1. The largest absolute Gasteiger partial charge is 0.314 e. The van der Waals surface area contributed by atoms with Crippen molar-refractivity contribution in [3.63, 3.8) is 0 Å². The Kier molecular flexibility index (Phi) is 5.34. The Morgan fingerprint density at radius 3 is 2.48 bits per heavy atom. The smallest absolute Gasteiger partial charge is 0.234 e. The average molecular weight is 394 g/mol. The van der Waals surface area contributed by atoms with Gasteiger partial charge in [-0.1, -0.05) is 60.7 Å². The lowest BCUT2D eigenvalue weighted by Crippen LogP contribution is -2.31. The van der Waals surface area contributed by atoms with E-state index in [0.29, 0.717) is 6.42 Å². The first kappa shape index (κ1) is 17.4. The molecule has 1 unspecified atom stereocenters. The highest BCUT2D eigenvalue weighted by molar-refractivity contribution is 9.10. The minimum absolute atomic E-state index is 0.0575. The summed E-state index contributed by atoms with van der Waals surface area (Å²) in [6, 6.07) is 22.2. The maximum absolute atomic E-state index is 13.2. The van der Waals surface area contributed by atoms with Gasteiger partial charge in [-0.25, -0.2) is 0 Å². The highest BCUT2D eigenvalue weighted by Crippen LogP contribution is 2.31. The molecule has 0 bridgehead atoms. The third kappa shape index (κ3) is 3.67. The molecular weight excluding hydrogens is 374 g/mol. The van der Waals surface area contributed by atoms with Crippen LogP contribution in [0.25, 0.3) is 10.8 Å². The van der Waals surface area contributed by atoms with Gasteiger partial charge < -0.3 is 4.90 Å². The molecule has 0 heterocycles. The third-order valence-corrected chi connectivity index (χ3v) is 5.09. The molecule has 0 aliphatic heterocycles. The van der Waals surface area contributed by atoms with Crippen LogP contribution < -0.4 is 4.90 Å². The molecule has 126 valence electrons. The van der Waals surface area contributed by atoms with Crippen molar-refractivity contribution in [1.29, 1.82) is 0 Å². The van der Waals surface area contributed by atoms with Gasteiger partial charge in [-0.2, -0.15) is 0 Å². The Balaban J connectivity index is 1.97. The molecule has 0 aromatic heterocycles. The van der Waals surface area contributed by atoms with E-state index in [-0.39, 0.29) is 11.8 Å². The molecule has 3 aromatic carbocycles. The lowest BCUT2D eigenvalue weighted by Gasteiger charge is -2.24. The average Bonchev–Trinajstić information content (AvgIpc) is 2.65. The van der Waals surface area contributed by atoms with E-state index in [4.69, 9.17) is 0 Å². The van der Waals surface area contributed by atoms with Crippen LogP contribution in [0.2, 0.25) is 0 Å². The molecule has 3 rings (SSSR count). The fraction of sp³-hybridized carbons (Fsp3) is 0.136. The predicted octanol–water partition coefficient (Wildman–Crippen LogP) is 5.93. The van der Waals surface area contributed by atoms with Gasteiger partial charge >= 0.3 is 0 Å². The van der Waals surface area contributed by atoms with Crippen molar-refractivity contribution in [1.82, 2.24) is 0 Å². The van der Waals surface area contributed by atoms with E-state index >= 15 is 0 Å². The summed E-state index contributed by atoms with van der Waals surface area (Å²) in [5.74, 6) is -0.193. The van der Waals surface area contributed by atoms with Gasteiger partial charge in [0.2, 0.25) is 5.91 Å². The van der Waals surface area contributed by atoms with Crippen LogP contribution in [0.3, 0.4) is 0 Å². The van der Waals surface area contributed by atoms with Gasteiger partial charge in [0.05, 0.1) is 11.6 Å². The Morgan fingerprint density at radius 2 is 1.76 bits per heavy atom. The molecule has 0 saturated carbocycles. The number of nitrogens with zero attached hydrogens (tertiary/aromatic N) is 1. The van der Waals surface area contributed by atoms with Crippen molar-refractivity contribution in [2.45, 2.75) is 12.3 Å². The SMILES string of the molecule is C=CCC(C(=O)N(C)c1ccccc1Br)c1ccc2ccccc2c1. The van der Waals surface area contributed by atoms with Gasteiger partial charge in [-0.05, 0) is 50.8 Å². The first-order chi connectivity index (χ1) is 12.1. The minimum Gasteiger partial charge on any atom is -0.314 e. The second kappa shape index (κ2) is 7.66. The zero-order valence-corrected chi connectivity index (χ0v) is 15.7. The fourth-order valence-electron chi connectivity index (χ4n) is 3.05. The van der Waals surface area contributed by atoms with E-state index in [1.54, 1.807) is 4.90 Å². The molecular formula is C22H20BrNO. The van der Waals surface area contributed by atoms with Gasteiger partial charge in [-0.3, -0.25) is 4.79 Å². The summed E-state index contributed by atoms with van der Waals surface area (Å²) >= 11 is 3.53. The summed E-state index contributed by atoms with van der Waals surface area (Å²) in [5.41, 5.74) is 1.88. The summed E-state index contributed by atoms with van der Waals surface area (Å²) in [6.45, 7) is 3.84. The van der Waals surface area contributed by atoms with Crippen LogP contribution in [0, 0.1) is 0 Å². The Labute approximate surface area is 156 Å². The number of hydrogen-bond donors (Lipinski definition) is 0. The highest BCUT2D eigenvalue weighted by Gasteiger charge is 2.24. The number of hydrogen-bond acceptors (Lipinski definition) is 1. The standard InChI is InChI=1S/C22H20BrNO/c1-3-8-19(18-14-13-16-9-4-5-10-17(16)15-18)22(25)24(2)21-12-7-6-11-20(21)23/h3-7,9-15,19H,1,8H2,2H3. The molecule has 0 saturated heterocycles. The summed E-state index contributed by atoms with van der Waals surface area (Å²) in [5, 5.41) is 2.32. The molecule has 0 radical (unpaired) electrons. The Morgan fingerprint density at radius 1 is 1.08 bits per heavy atom. The van der Waals surface area contributed by atoms with E-state index in [9.17, 15) is 4.79 Å². The summed E-state index contributed by atoms with van der Waals surface area (Å²) in [7, 11) is 1.82. The number of carbonyl (C=O) groups excluding carboxylic acids is 1. The van der Waals surface area contributed by atoms with Crippen LogP contribution in [-0.4, -0.2) is 13.0 Å². The molecule has 0 aliphatic rings. The van der Waals surface area contributed by atoms with Crippen LogP contribution in [0.1, 0.15) is 17.9 Å². The third-order valence-electron chi connectivity index (χ3n) is 4.42. The molecule has 0 N–H and O–H groups in total. The summed E-state index contributed by atoms with van der Waals surface area (Å²) < 4.78 is 0.904. The number of likely N-dealkylation sites (N-methyl/N-ethyl adjacent to an activating group) is 1. The number of halogens is 1. The Bertz CT molecular complexity index is 919. The molecule has 0 spiro atoms. The number of rotatable bonds is 5. The highest BCUT2D eigenvalue weighted by atomic mass is 79.9. The van der Waals surface area contributed by atoms with Gasteiger partial charge in [0.1, 0.15) is 0 Å². The van der Waals surface area contributed by atoms with Crippen LogP contribution in [-0.2, 0) is 4.79 Å². The molecule has 0 fully saturated rings. The first-order valence-electron chi connectivity index (χ1n) is 8.23. The number of allylic oxidation sites excluding steroid dienone is 1. The lowest BCUT2D eigenvalue weighted by atomic mass is 9.92. The number of amides is 1. The van der Waals surface area contributed by atoms with Gasteiger partial charge in [-0.15, -0.1) is 6.58 Å². The lowest BCUT2D eigenvalue weighted by molar-refractivity contribution is -0.119. The fourth-order valence-corrected chi connectivity index (χ4v) is 3.60. The van der Waals surface area contributed by atoms with Crippen LogP contribution in [0.15, 0.2) is 83.9 Å². The molecule has 3 aromatic rings. The molecule has 1 amide bonds. The van der Waals surface area contributed by atoms with E-state index in [1.165, 1.54) is 5.39 Å². The summed E-state index contributed by atoms with van der Waals surface area (Å²) in [6.07, 6.45) is 2.41. The first-order valence-corrected chi connectivity index (χ1v) is 9.03. The van der Waals surface area contributed by atoms with Crippen LogP contribution in [0.5, 0.6) is 0 Å². The van der Waals surface area contributed by atoms with E-state index < -0.39 is 0 Å². The number of anilines is 1. The number of fused-ring (bicyclic) bond motifs is 1.